The largest absolute Gasteiger partial charge is 0.381 e. The number of carbonyl (C=O) groups is 1. The minimum Gasteiger partial charge on any atom is -0.381 e. The smallest absolute Gasteiger partial charge is 0.222 e. The average molecular weight is 498 g/mol. The first-order valence-electron chi connectivity index (χ1n) is 13.2. The van der Waals surface area contributed by atoms with Crippen LogP contribution in [0.5, 0.6) is 0 Å². The molecule has 37 heavy (non-hydrogen) atoms. The number of amides is 1. The number of aromatic nitrogens is 4. The molecule has 1 saturated heterocycles. The fourth-order valence-electron chi connectivity index (χ4n) is 5.92. The summed E-state index contributed by atoms with van der Waals surface area (Å²) in [4.78, 5) is 25.3. The van der Waals surface area contributed by atoms with Crippen LogP contribution in [0.4, 0.5) is 11.5 Å². The molecule has 0 bridgehead atoms. The van der Waals surface area contributed by atoms with Crippen LogP contribution in [0.2, 0.25) is 0 Å². The number of fused-ring (bicyclic) bond motifs is 2. The van der Waals surface area contributed by atoms with Gasteiger partial charge in [0.2, 0.25) is 5.91 Å². The highest BCUT2D eigenvalue weighted by atomic mass is 16.5. The van der Waals surface area contributed by atoms with Gasteiger partial charge in [-0.3, -0.25) is 9.48 Å². The number of anilines is 2. The van der Waals surface area contributed by atoms with Gasteiger partial charge in [-0.15, -0.1) is 0 Å². The number of nitriles is 1. The molecule has 3 aromatic rings. The quantitative estimate of drug-likeness (QED) is 0.538. The molecule has 2 aromatic heterocycles. The molecule has 1 amide bonds. The van der Waals surface area contributed by atoms with Gasteiger partial charge in [0.1, 0.15) is 6.33 Å². The highest BCUT2D eigenvalue weighted by molar-refractivity contribution is 5.79. The third-order valence-corrected chi connectivity index (χ3v) is 7.83. The molecule has 0 N–H and O–H groups in total. The van der Waals surface area contributed by atoms with Gasteiger partial charge >= 0.3 is 0 Å². The van der Waals surface area contributed by atoms with Crippen molar-refractivity contribution >= 4 is 17.4 Å². The number of aryl methyl sites for hydroxylation is 1. The van der Waals surface area contributed by atoms with Crippen molar-refractivity contribution in [2.45, 2.75) is 58.0 Å². The van der Waals surface area contributed by atoms with Gasteiger partial charge in [-0.05, 0) is 49.4 Å². The number of nitrogens with zero attached hydrogens (tertiary/aromatic N) is 7. The van der Waals surface area contributed by atoms with E-state index in [1.54, 1.807) is 6.20 Å². The van der Waals surface area contributed by atoms with E-state index < -0.39 is 0 Å². The first kappa shape index (κ1) is 23.6. The number of carbonyl (C=O) groups excluding carboxylic acids is 1. The molecule has 3 aliphatic rings. The lowest BCUT2D eigenvalue weighted by molar-refractivity contribution is -0.131. The van der Waals surface area contributed by atoms with E-state index in [1.807, 2.05) is 24.0 Å². The molecule has 9 heteroatoms. The van der Waals surface area contributed by atoms with Crippen molar-refractivity contribution in [1.29, 1.82) is 5.26 Å². The third-order valence-electron chi connectivity index (χ3n) is 7.83. The Kier molecular flexibility index (Phi) is 6.35. The first-order chi connectivity index (χ1) is 18.2. The van der Waals surface area contributed by atoms with Gasteiger partial charge in [-0.1, -0.05) is 6.92 Å². The molecule has 5 heterocycles. The van der Waals surface area contributed by atoms with E-state index in [0.29, 0.717) is 24.6 Å². The topological polar surface area (TPSA) is 100 Å². The van der Waals surface area contributed by atoms with Gasteiger partial charge in [0.05, 0.1) is 29.9 Å². The third kappa shape index (κ3) is 4.25. The summed E-state index contributed by atoms with van der Waals surface area (Å²) in [7, 11) is 0. The van der Waals surface area contributed by atoms with Gasteiger partial charge < -0.3 is 14.5 Å². The molecule has 0 saturated carbocycles. The van der Waals surface area contributed by atoms with E-state index in [2.05, 4.69) is 31.7 Å². The zero-order valence-corrected chi connectivity index (χ0v) is 21.2. The van der Waals surface area contributed by atoms with E-state index in [4.69, 9.17) is 9.84 Å². The van der Waals surface area contributed by atoms with Crippen LogP contribution in [0.25, 0.3) is 11.3 Å². The Morgan fingerprint density at radius 2 is 2.08 bits per heavy atom. The van der Waals surface area contributed by atoms with Crippen molar-refractivity contribution in [2.75, 3.05) is 31.2 Å². The number of benzene rings is 1. The lowest BCUT2D eigenvalue weighted by Crippen LogP contribution is -2.37. The SMILES string of the molecule is CCC(=O)N1CCc2c(c(N3CCCc4cc(-c5ccncn5)c(C#N)cc43)nn2C2CCOCC2)C1. The number of rotatable bonds is 4. The Labute approximate surface area is 216 Å². The van der Waals surface area contributed by atoms with Gasteiger partial charge in [-0.2, -0.15) is 10.4 Å². The normalized spacial score (nSPS) is 17.7. The summed E-state index contributed by atoms with van der Waals surface area (Å²) in [6, 6.07) is 8.63. The minimum atomic E-state index is 0.177. The number of hydrogen-bond acceptors (Lipinski definition) is 7. The van der Waals surface area contributed by atoms with Crippen LogP contribution in [0.15, 0.2) is 30.7 Å². The molecular weight excluding hydrogens is 466 g/mol. The van der Waals surface area contributed by atoms with Crippen LogP contribution >= 0.6 is 0 Å². The van der Waals surface area contributed by atoms with Gasteiger partial charge in [0.25, 0.3) is 0 Å². The molecule has 0 atom stereocenters. The molecule has 0 unspecified atom stereocenters. The Balaban J connectivity index is 1.45. The fraction of sp³-hybridized carbons (Fsp3) is 0.464. The monoisotopic (exact) mass is 497 g/mol. The van der Waals surface area contributed by atoms with Gasteiger partial charge in [0.15, 0.2) is 5.82 Å². The lowest BCUT2D eigenvalue weighted by Gasteiger charge is -2.33. The Bertz CT molecular complexity index is 1360. The second-order valence-electron chi connectivity index (χ2n) is 9.94. The average Bonchev–Trinajstić information content (AvgIpc) is 3.35. The van der Waals surface area contributed by atoms with Crippen LogP contribution in [0, 0.1) is 11.3 Å². The standard InChI is InChI=1S/C28H31N7O2/c1-2-27(36)33-11-6-25-23(17-33)28(32-35(25)21-7-12-37-13-8-21)34-10-3-4-19-14-22(20(16-29)15-26(19)34)24-5-9-30-18-31-24/h5,9,14-15,18,21H,2-4,6-8,10-13,17H2,1H3. The van der Waals surface area contributed by atoms with Crippen LogP contribution in [0.3, 0.4) is 0 Å². The molecule has 0 radical (unpaired) electrons. The van der Waals surface area contributed by atoms with Crippen molar-refractivity contribution in [1.82, 2.24) is 24.6 Å². The van der Waals surface area contributed by atoms with E-state index in [0.717, 1.165) is 86.7 Å². The molecule has 0 spiro atoms. The summed E-state index contributed by atoms with van der Waals surface area (Å²) >= 11 is 0. The van der Waals surface area contributed by atoms with E-state index in [1.165, 1.54) is 17.6 Å². The molecule has 1 fully saturated rings. The van der Waals surface area contributed by atoms with E-state index in [-0.39, 0.29) is 5.91 Å². The van der Waals surface area contributed by atoms with Crippen molar-refractivity contribution < 1.29 is 9.53 Å². The Hall–Kier alpha value is -3.77. The van der Waals surface area contributed by atoms with Gasteiger partial charge in [0, 0.05) is 67.8 Å². The maximum Gasteiger partial charge on any atom is 0.222 e. The van der Waals surface area contributed by atoms with Gasteiger partial charge in [-0.25, -0.2) is 9.97 Å². The molecule has 190 valence electrons. The predicted octanol–water partition coefficient (Wildman–Crippen LogP) is 3.94. The summed E-state index contributed by atoms with van der Waals surface area (Å²) in [5.41, 5.74) is 6.77. The van der Waals surface area contributed by atoms with E-state index in [9.17, 15) is 10.1 Å². The van der Waals surface area contributed by atoms with Crippen molar-refractivity contribution in [3.63, 3.8) is 0 Å². The van der Waals surface area contributed by atoms with Crippen molar-refractivity contribution in [3.8, 4) is 17.3 Å². The molecule has 9 nitrogen and oxygen atoms in total. The highest BCUT2D eigenvalue weighted by Gasteiger charge is 2.34. The molecule has 1 aromatic carbocycles. The highest BCUT2D eigenvalue weighted by Crippen LogP contribution is 2.41. The van der Waals surface area contributed by atoms with Crippen LogP contribution in [-0.4, -0.2) is 56.9 Å². The van der Waals surface area contributed by atoms with Crippen molar-refractivity contribution in [2.24, 2.45) is 0 Å². The predicted molar refractivity (Wildman–Crippen MR) is 138 cm³/mol. The second-order valence-corrected chi connectivity index (χ2v) is 9.94. The Morgan fingerprint density at radius 1 is 1.22 bits per heavy atom. The molecular formula is C28H31N7O2. The maximum absolute atomic E-state index is 12.6. The molecule has 3 aliphatic heterocycles. The minimum absolute atomic E-state index is 0.177. The van der Waals surface area contributed by atoms with Crippen molar-refractivity contribution in [3.05, 3.63) is 53.1 Å². The zero-order chi connectivity index (χ0) is 25.4. The first-order valence-corrected chi connectivity index (χ1v) is 13.2. The molecule has 0 aliphatic carbocycles. The van der Waals surface area contributed by atoms with Crippen LogP contribution in [-0.2, 0) is 28.9 Å². The van der Waals surface area contributed by atoms with Crippen LogP contribution < -0.4 is 4.90 Å². The zero-order valence-electron chi connectivity index (χ0n) is 21.2. The summed E-state index contributed by atoms with van der Waals surface area (Å²) in [6.45, 7) is 5.55. The number of hydrogen-bond donors (Lipinski definition) is 0. The summed E-state index contributed by atoms with van der Waals surface area (Å²) in [6.07, 6.45) is 8.34. The fourth-order valence-corrected chi connectivity index (χ4v) is 5.92. The summed E-state index contributed by atoms with van der Waals surface area (Å²) in [5, 5.41) is 15.3. The number of ether oxygens (including phenoxy) is 1. The lowest BCUT2D eigenvalue weighted by atomic mass is 9.94. The summed E-state index contributed by atoms with van der Waals surface area (Å²) < 4.78 is 7.86. The summed E-state index contributed by atoms with van der Waals surface area (Å²) in [5.74, 6) is 1.10. The maximum atomic E-state index is 12.6. The Morgan fingerprint density at radius 3 is 2.84 bits per heavy atom. The van der Waals surface area contributed by atoms with Crippen LogP contribution in [0.1, 0.15) is 61.0 Å². The molecule has 6 rings (SSSR count). The second kappa shape index (κ2) is 9.94. The van der Waals surface area contributed by atoms with E-state index >= 15 is 0 Å².